The van der Waals surface area contributed by atoms with E-state index in [0.29, 0.717) is 31.1 Å². The van der Waals surface area contributed by atoms with Crippen LogP contribution in [0.3, 0.4) is 0 Å². The summed E-state index contributed by atoms with van der Waals surface area (Å²) in [6, 6.07) is 8.72. The minimum atomic E-state index is -0.938. The van der Waals surface area contributed by atoms with Crippen molar-refractivity contribution in [1.29, 1.82) is 0 Å². The Labute approximate surface area is 139 Å². The van der Waals surface area contributed by atoms with Gasteiger partial charge in [-0.15, -0.1) is 0 Å². The summed E-state index contributed by atoms with van der Waals surface area (Å²) in [4.78, 5) is 29.4. The maximum Gasteiger partial charge on any atom is 0.326 e. The third-order valence-corrected chi connectivity index (χ3v) is 4.16. The second-order valence-corrected chi connectivity index (χ2v) is 5.81. The number of carboxylic acid groups (broad SMARTS) is 1. The van der Waals surface area contributed by atoms with Gasteiger partial charge in [-0.2, -0.15) is 4.98 Å². The highest BCUT2D eigenvalue weighted by Crippen LogP contribution is 2.19. The predicted molar refractivity (Wildman–Crippen MR) is 85.0 cm³/mol. The number of hydrogen-bond donors (Lipinski definition) is 1. The maximum absolute atomic E-state index is 12.3. The highest BCUT2D eigenvalue weighted by Gasteiger charge is 2.31. The average molecular weight is 329 g/mol. The molecule has 1 aromatic carbocycles. The normalized spacial score (nSPS) is 17.7. The first-order chi connectivity index (χ1) is 11.6. The average Bonchev–Trinajstić information content (AvgIpc) is 3.09. The number of amides is 1. The Bertz CT molecular complexity index is 714. The fourth-order valence-electron chi connectivity index (χ4n) is 2.91. The highest BCUT2D eigenvalue weighted by molar-refractivity contribution is 5.83. The summed E-state index contributed by atoms with van der Waals surface area (Å²) in [5, 5.41) is 13.2. The van der Waals surface area contributed by atoms with Gasteiger partial charge in [0.25, 0.3) is 0 Å². The molecule has 126 valence electrons. The minimum absolute atomic E-state index is 0.167. The zero-order valence-corrected chi connectivity index (χ0v) is 13.2. The topological polar surface area (TPSA) is 96.5 Å². The lowest BCUT2D eigenvalue weighted by atomic mass is 10.0. The molecule has 0 radical (unpaired) electrons. The number of aromatic nitrogens is 2. The highest BCUT2D eigenvalue weighted by atomic mass is 16.5. The van der Waals surface area contributed by atoms with Crippen LogP contribution in [0.25, 0.3) is 11.4 Å². The van der Waals surface area contributed by atoms with Crippen LogP contribution < -0.4 is 0 Å². The second-order valence-electron chi connectivity index (χ2n) is 5.81. The van der Waals surface area contributed by atoms with E-state index in [-0.39, 0.29) is 12.3 Å². The number of carbonyl (C=O) groups excluding carboxylic acids is 1. The van der Waals surface area contributed by atoms with Crippen molar-refractivity contribution in [2.45, 2.75) is 38.1 Å². The zero-order valence-electron chi connectivity index (χ0n) is 13.2. The summed E-state index contributed by atoms with van der Waals surface area (Å²) < 4.78 is 5.18. The number of benzene rings is 1. The fraction of sp³-hybridized carbons (Fsp3) is 0.412. The lowest BCUT2D eigenvalue weighted by molar-refractivity contribution is -0.152. The fourth-order valence-corrected chi connectivity index (χ4v) is 2.91. The number of aliphatic carboxylic acids is 1. The van der Waals surface area contributed by atoms with Gasteiger partial charge in [-0.1, -0.05) is 35.5 Å². The number of nitrogens with zero attached hydrogens (tertiary/aromatic N) is 3. The first-order valence-corrected chi connectivity index (χ1v) is 8.05. The first kappa shape index (κ1) is 16.2. The van der Waals surface area contributed by atoms with E-state index in [1.165, 1.54) is 4.90 Å². The number of piperidine rings is 1. The van der Waals surface area contributed by atoms with Gasteiger partial charge in [-0.25, -0.2) is 4.79 Å². The SMILES string of the molecule is O=C(O)[C@@H]1CCCCN1C(=O)CCc1nc(-c2ccccc2)no1. The number of aryl methyl sites for hydroxylation is 1. The van der Waals surface area contributed by atoms with Crippen LogP contribution in [0.5, 0.6) is 0 Å². The Hall–Kier alpha value is -2.70. The molecule has 7 heteroatoms. The zero-order chi connectivity index (χ0) is 16.9. The van der Waals surface area contributed by atoms with E-state index in [2.05, 4.69) is 10.1 Å². The summed E-state index contributed by atoms with van der Waals surface area (Å²) in [5.74, 6) is -0.251. The van der Waals surface area contributed by atoms with Gasteiger partial charge < -0.3 is 14.5 Å². The molecule has 1 aliphatic rings. The van der Waals surface area contributed by atoms with E-state index in [1.54, 1.807) is 0 Å². The Morgan fingerprint density at radius 1 is 1.25 bits per heavy atom. The van der Waals surface area contributed by atoms with Crippen molar-refractivity contribution in [3.05, 3.63) is 36.2 Å². The van der Waals surface area contributed by atoms with E-state index >= 15 is 0 Å². The number of hydrogen-bond acceptors (Lipinski definition) is 5. The van der Waals surface area contributed by atoms with Crippen LogP contribution in [0.4, 0.5) is 0 Å². The van der Waals surface area contributed by atoms with Crippen molar-refractivity contribution in [3.8, 4) is 11.4 Å². The van der Waals surface area contributed by atoms with E-state index in [0.717, 1.165) is 18.4 Å². The molecule has 2 heterocycles. The summed E-state index contributed by atoms with van der Waals surface area (Å²) in [6.45, 7) is 0.495. The van der Waals surface area contributed by atoms with Crippen molar-refractivity contribution in [2.75, 3.05) is 6.54 Å². The molecule has 0 unspecified atom stereocenters. The monoisotopic (exact) mass is 329 g/mol. The molecule has 0 aliphatic carbocycles. The lowest BCUT2D eigenvalue weighted by Crippen LogP contribution is -2.48. The molecule has 2 aromatic rings. The molecule has 3 rings (SSSR count). The van der Waals surface area contributed by atoms with Crippen LogP contribution in [0.1, 0.15) is 31.6 Å². The Morgan fingerprint density at radius 3 is 2.79 bits per heavy atom. The van der Waals surface area contributed by atoms with Crippen molar-refractivity contribution in [2.24, 2.45) is 0 Å². The quantitative estimate of drug-likeness (QED) is 0.902. The Kier molecular flexibility index (Phi) is 4.88. The van der Waals surface area contributed by atoms with Gasteiger partial charge in [0.15, 0.2) is 0 Å². The smallest absolute Gasteiger partial charge is 0.326 e. The van der Waals surface area contributed by atoms with Crippen LogP contribution in [0, 0.1) is 0 Å². The molecule has 24 heavy (non-hydrogen) atoms. The summed E-state index contributed by atoms with van der Waals surface area (Å²) in [6.07, 6.45) is 2.67. The molecule has 0 spiro atoms. The van der Waals surface area contributed by atoms with Crippen LogP contribution in [0.2, 0.25) is 0 Å². The van der Waals surface area contributed by atoms with Crippen molar-refractivity contribution in [1.82, 2.24) is 15.0 Å². The Morgan fingerprint density at radius 2 is 2.04 bits per heavy atom. The summed E-state index contributed by atoms with van der Waals surface area (Å²) >= 11 is 0. The predicted octanol–water partition coefficient (Wildman–Crippen LogP) is 2.13. The van der Waals surface area contributed by atoms with Crippen molar-refractivity contribution < 1.29 is 19.2 Å². The number of carbonyl (C=O) groups is 2. The van der Waals surface area contributed by atoms with Gasteiger partial charge in [0.05, 0.1) is 0 Å². The van der Waals surface area contributed by atoms with Crippen LogP contribution in [0.15, 0.2) is 34.9 Å². The Balaban J connectivity index is 1.60. The van der Waals surface area contributed by atoms with E-state index in [4.69, 9.17) is 4.52 Å². The van der Waals surface area contributed by atoms with E-state index in [9.17, 15) is 14.7 Å². The van der Waals surface area contributed by atoms with Gasteiger partial charge in [-0.3, -0.25) is 4.79 Å². The minimum Gasteiger partial charge on any atom is -0.480 e. The summed E-state index contributed by atoms with van der Waals surface area (Å²) in [7, 11) is 0. The largest absolute Gasteiger partial charge is 0.480 e. The molecule has 7 nitrogen and oxygen atoms in total. The third-order valence-electron chi connectivity index (χ3n) is 4.16. The molecular weight excluding hydrogens is 310 g/mol. The van der Waals surface area contributed by atoms with Crippen molar-refractivity contribution >= 4 is 11.9 Å². The molecule has 1 aliphatic heterocycles. The molecule has 1 fully saturated rings. The number of rotatable bonds is 5. The van der Waals surface area contributed by atoms with Crippen molar-refractivity contribution in [3.63, 3.8) is 0 Å². The molecule has 1 aromatic heterocycles. The molecule has 1 atom stereocenters. The van der Waals surface area contributed by atoms with Gasteiger partial charge in [0, 0.05) is 24.9 Å². The van der Waals surface area contributed by atoms with Crippen LogP contribution in [-0.4, -0.2) is 44.6 Å². The van der Waals surface area contributed by atoms with Gasteiger partial charge >= 0.3 is 5.97 Å². The van der Waals surface area contributed by atoms with Gasteiger partial charge in [0.2, 0.25) is 17.6 Å². The molecule has 1 saturated heterocycles. The molecular formula is C17H19N3O4. The van der Waals surface area contributed by atoms with Crippen LogP contribution in [-0.2, 0) is 16.0 Å². The second kappa shape index (κ2) is 7.25. The van der Waals surface area contributed by atoms with E-state index in [1.807, 2.05) is 30.3 Å². The number of carboxylic acids is 1. The maximum atomic E-state index is 12.3. The standard InChI is InChI=1S/C17H19N3O4/c21-15(20-11-5-4-8-13(20)17(22)23)10-9-14-18-16(19-24-14)12-6-2-1-3-7-12/h1-3,6-7,13H,4-5,8-11H2,(H,22,23)/t13-/m0/s1. The molecule has 1 amide bonds. The first-order valence-electron chi connectivity index (χ1n) is 8.05. The number of likely N-dealkylation sites (tertiary alicyclic amines) is 1. The molecule has 0 saturated carbocycles. The van der Waals surface area contributed by atoms with Gasteiger partial charge in [-0.05, 0) is 19.3 Å². The van der Waals surface area contributed by atoms with E-state index < -0.39 is 12.0 Å². The molecule has 1 N–H and O–H groups in total. The molecule has 0 bridgehead atoms. The lowest BCUT2D eigenvalue weighted by Gasteiger charge is -2.32. The summed E-state index contributed by atoms with van der Waals surface area (Å²) in [5.41, 5.74) is 0.848. The van der Waals surface area contributed by atoms with Gasteiger partial charge in [0.1, 0.15) is 6.04 Å². The third kappa shape index (κ3) is 3.61. The van der Waals surface area contributed by atoms with Crippen LogP contribution >= 0.6 is 0 Å².